The van der Waals surface area contributed by atoms with E-state index in [0.717, 1.165) is 16.8 Å². The van der Waals surface area contributed by atoms with Crippen LogP contribution in [0.4, 0.5) is 14.5 Å². The first-order valence-corrected chi connectivity index (χ1v) is 11.0. The van der Waals surface area contributed by atoms with Crippen molar-refractivity contribution in [2.75, 3.05) is 11.1 Å². The predicted molar refractivity (Wildman–Crippen MR) is 124 cm³/mol. The van der Waals surface area contributed by atoms with Gasteiger partial charge in [-0.3, -0.25) is 9.36 Å². The summed E-state index contributed by atoms with van der Waals surface area (Å²) in [6, 6.07) is 23.6. The highest BCUT2D eigenvalue weighted by Crippen LogP contribution is 2.29. The van der Waals surface area contributed by atoms with E-state index in [4.69, 9.17) is 0 Å². The van der Waals surface area contributed by atoms with Gasteiger partial charge in [0.05, 0.1) is 11.4 Å². The maximum Gasteiger partial charge on any atom is 0.387 e. The number of carbonyl (C=O) groups is 1. The van der Waals surface area contributed by atoms with Gasteiger partial charge in [-0.1, -0.05) is 66.4 Å². The molecular formula is C24H20F2N4O2S. The number of carbonyl (C=O) groups excluding carboxylic acids is 1. The van der Waals surface area contributed by atoms with E-state index in [-0.39, 0.29) is 23.1 Å². The third kappa shape index (κ3) is 5.56. The Morgan fingerprint density at radius 1 is 1.03 bits per heavy atom. The second-order valence-electron chi connectivity index (χ2n) is 7.06. The molecule has 1 amide bonds. The predicted octanol–water partition coefficient (Wildman–Crippen LogP) is 5.57. The molecule has 0 bridgehead atoms. The van der Waals surface area contributed by atoms with Crippen LogP contribution < -0.4 is 10.1 Å². The summed E-state index contributed by atoms with van der Waals surface area (Å²) in [5, 5.41) is 11.8. The summed E-state index contributed by atoms with van der Waals surface area (Å²) in [5.74, 6) is 0.173. The number of nitrogens with one attached hydrogen (secondary N) is 1. The quantitative estimate of drug-likeness (QED) is 0.344. The lowest BCUT2D eigenvalue weighted by molar-refractivity contribution is -0.113. The minimum Gasteiger partial charge on any atom is -0.433 e. The van der Waals surface area contributed by atoms with Crippen molar-refractivity contribution in [3.05, 3.63) is 84.4 Å². The molecule has 168 valence electrons. The average Bonchev–Trinajstić information content (AvgIpc) is 3.23. The van der Waals surface area contributed by atoms with Gasteiger partial charge in [0.15, 0.2) is 11.0 Å². The van der Waals surface area contributed by atoms with E-state index in [9.17, 15) is 13.6 Å². The summed E-state index contributed by atoms with van der Waals surface area (Å²) in [4.78, 5) is 12.6. The summed E-state index contributed by atoms with van der Waals surface area (Å²) >= 11 is 1.20. The van der Waals surface area contributed by atoms with Crippen LogP contribution in [0.1, 0.15) is 5.56 Å². The van der Waals surface area contributed by atoms with Gasteiger partial charge in [-0.25, -0.2) is 0 Å². The average molecular weight is 467 g/mol. The molecule has 0 saturated heterocycles. The fourth-order valence-electron chi connectivity index (χ4n) is 3.22. The van der Waals surface area contributed by atoms with E-state index >= 15 is 0 Å². The lowest BCUT2D eigenvalue weighted by atomic mass is 10.2. The number of halogens is 2. The number of rotatable bonds is 8. The monoisotopic (exact) mass is 466 g/mol. The molecule has 0 aliphatic carbocycles. The standard InChI is InChI=1S/C24H20F2N4O2S/c1-16-8-7-11-18(14-16)30-22(17-9-3-2-4-10-17)28-29-24(30)33-15-21(31)27-19-12-5-6-13-20(19)32-23(25)26/h2-14,23H,15H2,1H3,(H,27,31). The third-order valence-corrected chi connectivity index (χ3v) is 5.56. The first kappa shape index (κ1) is 22.5. The van der Waals surface area contributed by atoms with E-state index in [0.29, 0.717) is 11.0 Å². The van der Waals surface area contributed by atoms with Crippen LogP contribution in [0.25, 0.3) is 17.1 Å². The Labute approximate surface area is 193 Å². The van der Waals surface area contributed by atoms with Gasteiger partial charge in [0.25, 0.3) is 0 Å². The molecule has 4 aromatic rings. The Hall–Kier alpha value is -3.72. The zero-order valence-corrected chi connectivity index (χ0v) is 18.4. The first-order valence-electron chi connectivity index (χ1n) is 10.1. The summed E-state index contributed by atoms with van der Waals surface area (Å²) in [7, 11) is 0. The molecule has 0 saturated carbocycles. The Morgan fingerprint density at radius 2 is 1.79 bits per heavy atom. The van der Waals surface area contributed by atoms with Gasteiger partial charge in [-0.05, 0) is 36.8 Å². The zero-order valence-electron chi connectivity index (χ0n) is 17.6. The van der Waals surface area contributed by atoms with Crippen LogP contribution in [-0.4, -0.2) is 33.0 Å². The van der Waals surface area contributed by atoms with Crippen molar-refractivity contribution in [2.24, 2.45) is 0 Å². The van der Waals surface area contributed by atoms with Crippen LogP contribution in [0.15, 0.2) is 84.0 Å². The van der Waals surface area contributed by atoms with Gasteiger partial charge < -0.3 is 10.1 Å². The molecule has 1 aromatic heterocycles. The molecule has 0 aliphatic rings. The number of aromatic nitrogens is 3. The van der Waals surface area contributed by atoms with Gasteiger partial charge in [-0.2, -0.15) is 8.78 Å². The van der Waals surface area contributed by atoms with Crippen molar-refractivity contribution in [2.45, 2.75) is 18.7 Å². The molecule has 1 heterocycles. The van der Waals surface area contributed by atoms with Gasteiger partial charge in [-0.15, -0.1) is 10.2 Å². The van der Waals surface area contributed by atoms with E-state index in [1.165, 1.54) is 23.9 Å². The number of alkyl halides is 2. The van der Waals surface area contributed by atoms with Crippen molar-refractivity contribution in [3.8, 4) is 22.8 Å². The lowest BCUT2D eigenvalue weighted by Crippen LogP contribution is -2.16. The summed E-state index contributed by atoms with van der Waals surface area (Å²) < 4.78 is 31.6. The largest absolute Gasteiger partial charge is 0.433 e. The molecule has 0 fully saturated rings. The summed E-state index contributed by atoms with van der Waals surface area (Å²) in [6.07, 6.45) is 0. The van der Waals surface area contributed by atoms with Gasteiger partial charge in [0.2, 0.25) is 5.91 Å². The number of anilines is 1. The normalized spacial score (nSPS) is 10.9. The summed E-state index contributed by atoms with van der Waals surface area (Å²) in [6.45, 7) is -0.989. The summed E-state index contributed by atoms with van der Waals surface area (Å²) in [5.41, 5.74) is 3.01. The second-order valence-corrected chi connectivity index (χ2v) is 8.00. The van der Waals surface area contributed by atoms with Crippen LogP contribution in [0.3, 0.4) is 0 Å². The smallest absolute Gasteiger partial charge is 0.387 e. The number of hydrogen-bond donors (Lipinski definition) is 1. The Balaban J connectivity index is 1.57. The molecule has 0 unspecified atom stereocenters. The molecule has 33 heavy (non-hydrogen) atoms. The SMILES string of the molecule is Cc1cccc(-n2c(SCC(=O)Nc3ccccc3OC(F)F)nnc2-c2ccccc2)c1. The van der Waals surface area contributed by atoms with Gasteiger partial charge >= 0.3 is 6.61 Å². The number of hydrogen-bond acceptors (Lipinski definition) is 5. The van der Waals surface area contributed by atoms with Crippen LogP contribution in [-0.2, 0) is 4.79 Å². The molecule has 4 rings (SSSR count). The highest BCUT2D eigenvalue weighted by molar-refractivity contribution is 7.99. The fourth-order valence-corrected chi connectivity index (χ4v) is 3.97. The van der Waals surface area contributed by atoms with Crippen LogP contribution in [0.2, 0.25) is 0 Å². The van der Waals surface area contributed by atoms with Crippen molar-refractivity contribution in [1.82, 2.24) is 14.8 Å². The van der Waals surface area contributed by atoms with E-state index < -0.39 is 6.61 Å². The highest BCUT2D eigenvalue weighted by atomic mass is 32.2. The first-order chi connectivity index (χ1) is 16.0. The number of amides is 1. The molecule has 0 atom stereocenters. The number of ether oxygens (including phenoxy) is 1. The van der Waals surface area contributed by atoms with E-state index in [1.54, 1.807) is 12.1 Å². The topological polar surface area (TPSA) is 69.0 Å². The fraction of sp³-hybridized carbons (Fsp3) is 0.125. The Bertz CT molecular complexity index is 1250. The second kappa shape index (κ2) is 10.3. The van der Waals surface area contributed by atoms with Crippen molar-refractivity contribution in [1.29, 1.82) is 0 Å². The van der Waals surface area contributed by atoms with Gasteiger partial charge in [0.1, 0.15) is 5.75 Å². The van der Waals surface area contributed by atoms with Crippen molar-refractivity contribution in [3.63, 3.8) is 0 Å². The maximum absolute atomic E-state index is 12.6. The van der Waals surface area contributed by atoms with E-state index in [1.807, 2.05) is 66.1 Å². The minimum atomic E-state index is -2.98. The highest BCUT2D eigenvalue weighted by Gasteiger charge is 2.18. The zero-order chi connectivity index (χ0) is 23.2. The van der Waals surface area contributed by atoms with E-state index in [2.05, 4.69) is 20.3 Å². The number of aryl methyl sites for hydroxylation is 1. The molecule has 9 heteroatoms. The van der Waals surface area contributed by atoms with Crippen LogP contribution in [0.5, 0.6) is 5.75 Å². The van der Waals surface area contributed by atoms with Crippen molar-refractivity contribution >= 4 is 23.4 Å². The van der Waals surface area contributed by atoms with Gasteiger partial charge in [0, 0.05) is 11.3 Å². The number of thioether (sulfide) groups is 1. The molecular weight excluding hydrogens is 446 g/mol. The molecule has 0 aliphatic heterocycles. The molecule has 0 radical (unpaired) electrons. The molecule has 0 spiro atoms. The number of benzene rings is 3. The number of nitrogens with zero attached hydrogens (tertiary/aromatic N) is 3. The Morgan fingerprint density at radius 3 is 2.55 bits per heavy atom. The van der Waals surface area contributed by atoms with Crippen LogP contribution in [0, 0.1) is 6.92 Å². The van der Waals surface area contributed by atoms with Crippen LogP contribution >= 0.6 is 11.8 Å². The molecule has 3 aromatic carbocycles. The Kier molecular flexibility index (Phi) is 6.99. The number of para-hydroxylation sites is 2. The maximum atomic E-state index is 12.6. The van der Waals surface area contributed by atoms with Crippen molar-refractivity contribution < 1.29 is 18.3 Å². The molecule has 1 N–H and O–H groups in total. The lowest BCUT2D eigenvalue weighted by Gasteiger charge is -2.12. The third-order valence-electron chi connectivity index (χ3n) is 4.63. The molecule has 6 nitrogen and oxygen atoms in total. The minimum absolute atomic E-state index is 0.00174.